The van der Waals surface area contributed by atoms with Crippen LogP contribution in [0, 0.1) is 10.1 Å². The first-order valence-corrected chi connectivity index (χ1v) is 7.11. The van der Waals surface area contributed by atoms with Crippen molar-refractivity contribution < 1.29 is 38.2 Å². The van der Waals surface area contributed by atoms with Gasteiger partial charge in [-0.15, -0.1) is 28.2 Å². The highest BCUT2D eigenvalue weighted by molar-refractivity contribution is 8.76. The largest absolute Gasteiger partial charge is 0.549 e. The van der Waals surface area contributed by atoms with Crippen molar-refractivity contribution in [2.75, 3.05) is 31.4 Å². The van der Waals surface area contributed by atoms with E-state index in [-0.39, 0.29) is 13.3 Å². The summed E-state index contributed by atoms with van der Waals surface area (Å²) in [5, 5.41) is 10.4. The summed E-state index contributed by atoms with van der Waals surface area (Å²) in [4.78, 5) is 20.8. The molecule has 7 nitrogen and oxygen atoms in total. The zero-order chi connectivity index (χ0) is 13.9. The van der Waals surface area contributed by atoms with Crippen LogP contribution in [0.4, 0.5) is 13.2 Å². The number of nitrogens with zero attached hydrogens (tertiary/aromatic N) is 1. The van der Waals surface area contributed by atoms with Crippen LogP contribution in [0.5, 0.6) is 0 Å². The Labute approximate surface area is 108 Å². The van der Waals surface area contributed by atoms with Crippen molar-refractivity contribution in [3.63, 3.8) is 0 Å². The zero-order valence-electron chi connectivity index (χ0n) is 9.05. The molecule has 0 aliphatic carbocycles. The number of alkyl halides is 3. The maximum Gasteiger partial charge on any atom is 0.549 e. The summed E-state index contributed by atoms with van der Waals surface area (Å²) in [5.41, 5.74) is 0. The topological polar surface area (TPSA) is 87.4 Å². The smallest absolute Gasteiger partial charge is 0.321 e. The van der Waals surface area contributed by atoms with Gasteiger partial charge in [-0.3, -0.25) is 0 Å². The maximum atomic E-state index is 11.4. The third kappa shape index (κ3) is 15.6. The molecule has 0 saturated carbocycles. The molecule has 108 valence electrons. The molecular weight excluding hydrogens is 301 g/mol. The van der Waals surface area contributed by atoms with E-state index in [9.17, 15) is 23.3 Å². The Morgan fingerprint density at radius 2 is 1.94 bits per heavy atom. The maximum absolute atomic E-state index is 11.4. The Morgan fingerprint density at radius 1 is 1.28 bits per heavy atom. The molecule has 0 aromatic rings. The lowest BCUT2D eigenvalue weighted by atomic mass is 10.8. The van der Waals surface area contributed by atoms with Crippen LogP contribution in [0.1, 0.15) is 0 Å². The lowest BCUT2D eigenvalue weighted by Crippen LogP contribution is -2.85. The minimum absolute atomic E-state index is 0.0108. The van der Waals surface area contributed by atoms with E-state index in [1.165, 1.54) is 26.9 Å². The second-order valence-corrected chi connectivity index (χ2v) is 5.29. The fourth-order valence-corrected chi connectivity index (χ4v) is 2.47. The highest BCUT2D eigenvalue weighted by Gasteiger charge is 2.31. The van der Waals surface area contributed by atoms with Crippen LogP contribution in [0.25, 0.3) is 0 Å². The molecule has 0 amide bonds. The van der Waals surface area contributed by atoms with Crippen molar-refractivity contribution in [3.05, 3.63) is 10.1 Å². The summed E-state index contributed by atoms with van der Waals surface area (Å²) in [6.07, 6.45) is -4.78. The predicted molar refractivity (Wildman–Crippen MR) is 57.7 cm³/mol. The second-order valence-electron chi connectivity index (χ2n) is 2.59. The Balaban J connectivity index is 3.06. The van der Waals surface area contributed by atoms with E-state index in [4.69, 9.17) is 0 Å². The quantitative estimate of drug-likeness (QED) is 0.149. The van der Waals surface area contributed by atoms with Crippen molar-refractivity contribution >= 4 is 21.6 Å². The molecule has 0 radical (unpaired) electrons. The Morgan fingerprint density at radius 3 is 2.56 bits per heavy atom. The van der Waals surface area contributed by atoms with Gasteiger partial charge in [0.1, 0.15) is 6.61 Å². The average molecular weight is 313 g/mol. The van der Waals surface area contributed by atoms with Crippen LogP contribution in [0.2, 0.25) is 0 Å². The van der Waals surface area contributed by atoms with Gasteiger partial charge in [0.2, 0.25) is 6.73 Å². The zero-order valence-corrected chi connectivity index (χ0v) is 10.7. The van der Waals surface area contributed by atoms with Gasteiger partial charge in [-0.1, -0.05) is 21.6 Å². The highest BCUT2D eigenvalue weighted by Crippen LogP contribution is 2.19. The first-order valence-electron chi connectivity index (χ1n) is 4.62. The molecule has 0 spiro atoms. The number of halogens is 3. The summed E-state index contributed by atoms with van der Waals surface area (Å²) in [7, 11) is 2.81. The van der Waals surface area contributed by atoms with E-state index in [1.807, 2.05) is 0 Å². The van der Waals surface area contributed by atoms with Gasteiger partial charge >= 0.3 is 6.36 Å². The van der Waals surface area contributed by atoms with E-state index in [0.29, 0.717) is 18.1 Å². The molecule has 0 fully saturated rings. The van der Waals surface area contributed by atoms with Crippen molar-refractivity contribution in [2.24, 2.45) is 0 Å². The molecule has 0 atom stereocenters. The summed E-state index contributed by atoms with van der Waals surface area (Å²) < 4.78 is 34.3. The van der Waals surface area contributed by atoms with Crippen molar-refractivity contribution in [1.82, 2.24) is 0 Å². The summed E-state index contributed by atoms with van der Waals surface area (Å²) in [6, 6.07) is 0. The van der Waals surface area contributed by atoms with E-state index in [0.717, 1.165) is 0 Å². The monoisotopic (exact) mass is 313 g/mol. The van der Waals surface area contributed by atoms with Crippen LogP contribution in [0.15, 0.2) is 0 Å². The second kappa shape index (κ2) is 10.5. The molecule has 0 unspecified atom stereocenters. The summed E-state index contributed by atoms with van der Waals surface area (Å²) in [5.74, 6) is 1.11. The molecule has 0 heterocycles. The average Bonchev–Trinajstić information content (AvgIpc) is 2.24. The fraction of sp³-hybridized carbons (Fsp3) is 1.00. The molecule has 0 aliphatic heterocycles. The first kappa shape index (κ1) is 17.6. The molecule has 12 heteroatoms. The Kier molecular flexibility index (Phi) is 10.2. The number of hydrogen-bond donors (Lipinski definition) is 1. The number of hydrogen-bond acceptors (Lipinski definition) is 7. The third-order valence-electron chi connectivity index (χ3n) is 1.19. The van der Waals surface area contributed by atoms with E-state index < -0.39 is 11.4 Å². The number of quaternary nitrogens is 1. The van der Waals surface area contributed by atoms with Gasteiger partial charge in [-0.2, -0.15) is 4.89 Å². The lowest BCUT2D eigenvalue weighted by Gasteiger charge is -2.05. The van der Waals surface area contributed by atoms with Gasteiger partial charge in [-0.25, -0.2) is 0 Å². The first-order chi connectivity index (χ1) is 8.42. The van der Waals surface area contributed by atoms with Gasteiger partial charge in [0, 0.05) is 5.75 Å². The van der Waals surface area contributed by atoms with Crippen LogP contribution >= 0.6 is 21.6 Å². The summed E-state index contributed by atoms with van der Waals surface area (Å²) >= 11 is 0. The van der Waals surface area contributed by atoms with Gasteiger partial charge < -0.3 is 10.2 Å². The summed E-state index contributed by atoms with van der Waals surface area (Å²) in [6.45, 7) is 0.293. The van der Waals surface area contributed by atoms with Crippen molar-refractivity contribution in [2.45, 2.75) is 6.36 Å². The Hall–Kier alpha value is -0.430. The molecule has 0 bridgehead atoms. The van der Waals surface area contributed by atoms with Gasteiger partial charge in [0.05, 0.1) is 12.3 Å². The normalized spacial score (nSPS) is 11.5. The standard InChI is InChI=1S/C6H11F3N2O5S2/c7-6(8,9)16-15-5-10-1-3-17-18-4-2-14-11(12)13/h10H,1-5H2/p+1. The van der Waals surface area contributed by atoms with E-state index in [2.05, 4.69) is 14.6 Å². The third-order valence-corrected chi connectivity index (χ3v) is 3.59. The fourth-order valence-electron chi connectivity index (χ4n) is 0.627. The number of rotatable bonds is 11. The van der Waals surface area contributed by atoms with Gasteiger partial charge in [-0.05, 0) is 0 Å². The van der Waals surface area contributed by atoms with Crippen LogP contribution in [-0.4, -0.2) is 42.8 Å². The van der Waals surface area contributed by atoms with Gasteiger partial charge in [0.15, 0.2) is 0 Å². The lowest BCUT2D eigenvalue weighted by molar-refractivity contribution is -0.756. The Bertz CT molecular complexity index is 234. The minimum atomic E-state index is -4.78. The molecule has 0 aromatic heterocycles. The molecule has 18 heavy (non-hydrogen) atoms. The van der Waals surface area contributed by atoms with Crippen molar-refractivity contribution in [3.8, 4) is 0 Å². The molecule has 0 rings (SSSR count). The SMILES string of the molecule is O=[N+]([O-])OCCSSCC[NH2+]COOC(F)(F)F. The highest BCUT2D eigenvalue weighted by atomic mass is 33.1. The molecule has 2 N–H and O–H groups in total. The van der Waals surface area contributed by atoms with Gasteiger partial charge in [0.25, 0.3) is 5.09 Å². The van der Waals surface area contributed by atoms with Crippen LogP contribution < -0.4 is 5.32 Å². The predicted octanol–water partition coefficient (Wildman–Crippen LogP) is 0.565. The van der Waals surface area contributed by atoms with Crippen LogP contribution in [-0.2, 0) is 14.6 Å². The molecule has 0 aromatic carbocycles. The molecule has 0 saturated heterocycles. The van der Waals surface area contributed by atoms with E-state index in [1.54, 1.807) is 0 Å². The number of nitrogens with two attached hydrogens (primary N) is 1. The van der Waals surface area contributed by atoms with E-state index >= 15 is 0 Å². The molecular formula is C6H12F3N2O5S2+. The molecule has 0 aliphatic rings. The minimum Gasteiger partial charge on any atom is -0.321 e. The van der Waals surface area contributed by atoms with Crippen molar-refractivity contribution in [1.29, 1.82) is 0 Å². The van der Waals surface area contributed by atoms with Crippen LogP contribution in [0.3, 0.4) is 0 Å².